The molecule has 0 saturated heterocycles. The largest absolute Gasteiger partial charge is 0.508 e. The van der Waals surface area contributed by atoms with Gasteiger partial charge in [-0.15, -0.1) is 0 Å². The lowest BCUT2D eigenvalue weighted by atomic mass is 10.1. The molecule has 0 aromatic heterocycles. The Labute approximate surface area is 76.8 Å². The van der Waals surface area contributed by atoms with E-state index < -0.39 is 0 Å². The molecule has 1 N–H and O–H groups in total. The van der Waals surface area contributed by atoms with Crippen LogP contribution in [0, 0.1) is 0 Å². The summed E-state index contributed by atoms with van der Waals surface area (Å²) in [5.41, 5.74) is 0.795. The van der Waals surface area contributed by atoms with Crippen LogP contribution in [0.2, 0.25) is 0 Å². The SMILES string of the molecule is Oc1ccccc1C1C=CC=CO1. The van der Waals surface area contributed by atoms with E-state index in [0.29, 0.717) is 0 Å². The maximum absolute atomic E-state index is 9.52. The fourth-order valence-corrected chi connectivity index (χ4v) is 1.29. The third-order valence-electron chi connectivity index (χ3n) is 1.94. The first-order valence-electron chi connectivity index (χ1n) is 4.14. The molecular weight excluding hydrogens is 164 g/mol. The molecule has 0 spiro atoms. The summed E-state index contributed by atoms with van der Waals surface area (Å²) in [4.78, 5) is 0. The number of rotatable bonds is 1. The van der Waals surface area contributed by atoms with Gasteiger partial charge in [0.05, 0.1) is 6.26 Å². The maximum atomic E-state index is 9.52. The van der Waals surface area contributed by atoms with Gasteiger partial charge in [-0.2, -0.15) is 0 Å². The molecular formula is C11H10O2. The van der Waals surface area contributed by atoms with Gasteiger partial charge in [0.1, 0.15) is 11.9 Å². The zero-order chi connectivity index (χ0) is 9.10. The van der Waals surface area contributed by atoms with Crippen LogP contribution in [-0.4, -0.2) is 5.11 Å². The van der Waals surface area contributed by atoms with Gasteiger partial charge in [-0.25, -0.2) is 0 Å². The molecule has 1 aliphatic heterocycles. The standard InChI is InChI=1S/C11H10O2/c12-10-6-2-1-5-9(10)11-7-3-4-8-13-11/h1-8,11-12H. The van der Waals surface area contributed by atoms with Gasteiger partial charge in [0.25, 0.3) is 0 Å². The molecule has 1 unspecified atom stereocenters. The number of phenolic OH excluding ortho intramolecular Hbond substituents is 1. The van der Waals surface area contributed by atoms with Crippen molar-refractivity contribution in [3.8, 4) is 5.75 Å². The van der Waals surface area contributed by atoms with Gasteiger partial charge in [-0.1, -0.05) is 24.3 Å². The lowest BCUT2D eigenvalue weighted by Crippen LogP contribution is -1.99. The molecule has 66 valence electrons. The molecule has 2 rings (SSSR count). The molecule has 1 aliphatic rings. The summed E-state index contributed by atoms with van der Waals surface area (Å²) in [6, 6.07) is 7.18. The minimum atomic E-state index is -0.161. The van der Waals surface area contributed by atoms with Gasteiger partial charge < -0.3 is 9.84 Å². The number of benzene rings is 1. The maximum Gasteiger partial charge on any atom is 0.145 e. The minimum Gasteiger partial charge on any atom is -0.508 e. The van der Waals surface area contributed by atoms with Gasteiger partial charge in [-0.3, -0.25) is 0 Å². The van der Waals surface area contributed by atoms with Gasteiger partial charge in [0, 0.05) is 5.56 Å². The molecule has 0 bridgehead atoms. The number of ether oxygens (including phenoxy) is 1. The van der Waals surface area contributed by atoms with E-state index in [1.165, 1.54) is 0 Å². The summed E-state index contributed by atoms with van der Waals surface area (Å²) in [6.45, 7) is 0. The number of phenols is 1. The fourth-order valence-electron chi connectivity index (χ4n) is 1.29. The Kier molecular flexibility index (Phi) is 2.04. The van der Waals surface area contributed by atoms with E-state index in [9.17, 15) is 5.11 Å². The van der Waals surface area contributed by atoms with Crippen LogP contribution in [0.3, 0.4) is 0 Å². The molecule has 13 heavy (non-hydrogen) atoms. The Balaban J connectivity index is 2.30. The molecule has 0 fully saturated rings. The van der Waals surface area contributed by atoms with Gasteiger partial charge in [0.2, 0.25) is 0 Å². The molecule has 2 nitrogen and oxygen atoms in total. The zero-order valence-corrected chi connectivity index (χ0v) is 7.05. The summed E-state index contributed by atoms with van der Waals surface area (Å²) in [5.74, 6) is 0.271. The number of hydrogen-bond donors (Lipinski definition) is 1. The van der Waals surface area contributed by atoms with Crippen LogP contribution in [-0.2, 0) is 4.74 Å². The molecule has 0 amide bonds. The Morgan fingerprint density at radius 1 is 1.15 bits per heavy atom. The average molecular weight is 174 g/mol. The first-order chi connectivity index (χ1) is 6.38. The Bertz CT molecular complexity index is 353. The second-order valence-electron chi connectivity index (χ2n) is 2.83. The summed E-state index contributed by atoms with van der Waals surface area (Å²) < 4.78 is 5.32. The molecule has 1 aromatic carbocycles. The topological polar surface area (TPSA) is 29.5 Å². The van der Waals surface area contributed by atoms with Crippen molar-refractivity contribution in [3.63, 3.8) is 0 Å². The lowest BCUT2D eigenvalue weighted by molar-refractivity contribution is 0.183. The second-order valence-corrected chi connectivity index (χ2v) is 2.83. The average Bonchev–Trinajstić information content (AvgIpc) is 2.20. The van der Waals surface area contributed by atoms with Crippen LogP contribution in [0.4, 0.5) is 0 Å². The van der Waals surface area contributed by atoms with Crippen molar-refractivity contribution in [1.29, 1.82) is 0 Å². The fraction of sp³-hybridized carbons (Fsp3) is 0.0909. The summed E-state index contributed by atoms with van der Waals surface area (Å²) in [6.07, 6.45) is 7.08. The Morgan fingerprint density at radius 3 is 2.69 bits per heavy atom. The first-order valence-corrected chi connectivity index (χ1v) is 4.14. The van der Waals surface area contributed by atoms with E-state index in [1.54, 1.807) is 18.4 Å². The van der Waals surface area contributed by atoms with Crippen LogP contribution in [0.25, 0.3) is 0 Å². The molecule has 0 saturated carbocycles. The zero-order valence-electron chi connectivity index (χ0n) is 7.05. The minimum absolute atomic E-state index is 0.161. The number of allylic oxidation sites excluding steroid dienone is 2. The normalized spacial score (nSPS) is 19.8. The molecule has 2 heteroatoms. The van der Waals surface area contributed by atoms with Crippen molar-refractivity contribution in [2.45, 2.75) is 6.10 Å². The highest BCUT2D eigenvalue weighted by Crippen LogP contribution is 2.28. The predicted octanol–water partition coefficient (Wildman–Crippen LogP) is 2.53. The Morgan fingerprint density at radius 2 is 2.00 bits per heavy atom. The highest BCUT2D eigenvalue weighted by molar-refractivity contribution is 5.36. The van der Waals surface area contributed by atoms with Crippen molar-refractivity contribution in [2.75, 3.05) is 0 Å². The van der Waals surface area contributed by atoms with E-state index in [0.717, 1.165) is 5.56 Å². The van der Waals surface area contributed by atoms with Gasteiger partial charge in [-0.05, 0) is 18.2 Å². The molecule has 1 heterocycles. The van der Waals surface area contributed by atoms with Crippen molar-refractivity contribution >= 4 is 0 Å². The number of hydrogen-bond acceptors (Lipinski definition) is 2. The highest BCUT2D eigenvalue weighted by atomic mass is 16.5. The van der Waals surface area contributed by atoms with Crippen LogP contribution in [0.5, 0.6) is 5.75 Å². The van der Waals surface area contributed by atoms with Crippen LogP contribution >= 0.6 is 0 Å². The quantitative estimate of drug-likeness (QED) is 0.708. The second kappa shape index (κ2) is 3.35. The van der Waals surface area contributed by atoms with E-state index in [2.05, 4.69) is 0 Å². The van der Waals surface area contributed by atoms with E-state index in [4.69, 9.17) is 4.74 Å². The summed E-state index contributed by atoms with van der Waals surface area (Å²) in [7, 11) is 0. The first kappa shape index (κ1) is 7.92. The number of para-hydroxylation sites is 1. The van der Waals surface area contributed by atoms with Crippen LogP contribution in [0.15, 0.2) is 48.8 Å². The van der Waals surface area contributed by atoms with Crippen LogP contribution < -0.4 is 0 Å². The van der Waals surface area contributed by atoms with Crippen LogP contribution in [0.1, 0.15) is 11.7 Å². The smallest absolute Gasteiger partial charge is 0.145 e. The van der Waals surface area contributed by atoms with E-state index >= 15 is 0 Å². The lowest BCUT2D eigenvalue weighted by Gasteiger charge is -2.16. The van der Waals surface area contributed by atoms with Crippen molar-refractivity contribution < 1.29 is 9.84 Å². The van der Waals surface area contributed by atoms with Crippen molar-refractivity contribution in [2.24, 2.45) is 0 Å². The third-order valence-corrected chi connectivity index (χ3v) is 1.94. The van der Waals surface area contributed by atoms with E-state index in [1.807, 2.05) is 30.4 Å². The highest BCUT2D eigenvalue weighted by Gasteiger charge is 2.12. The summed E-state index contributed by atoms with van der Waals surface area (Å²) >= 11 is 0. The monoisotopic (exact) mass is 174 g/mol. The molecule has 1 atom stereocenters. The predicted molar refractivity (Wildman–Crippen MR) is 50.2 cm³/mol. The Hall–Kier alpha value is -1.70. The van der Waals surface area contributed by atoms with Gasteiger partial charge in [0.15, 0.2) is 0 Å². The van der Waals surface area contributed by atoms with E-state index in [-0.39, 0.29) is 11.9 Å². The summed E-state index contributed by atoms with van der Waals surface area (Å²) in [5, 5.41) is 9.52. The van der Waals surface area contributed by atoms with Gasteiger partial charge >= 0.3 is 0 Å². The van der Waals surface area contributed by atoms with Crippen molar-refractivity contribution in [1.82, 2.24) is 0 Å². The third kappa shape index (κ3) is 1.56. The molecule has 0 aliphatic carbocycles. The number of aromatic hydroxyl groups is 1. The molecule has 0 radical (unpaired) electrons. The van der Waals surface area contributed by atoms with Crippen molar-refractivity contribution in [3.05, 3.63) is 54.3 Å². The molecule has 1 aromatic rings.